The lowest BCUT2D eigenvalue weighted by Crippen LogP contribution is -2.56. The predicted octanol–water partition coefficient (Wildman–Crippen LogP) is 4.82. The molecule has 218 valence electrons. The predicted molar refractivity (Wildman–Crippen MR) is 156 cm³/mol. The molecular formula is C32H45N3O5. The van der Waals surface area contributed by atoms with Gasteiger partial charge in [-0.05, 0) is 108 Å². The molecular weight excluding hydrogens is 506 g/mol. The van der Waals surface area contributed by atoms with Crippen LogP contribution in [-0.2, 0) is 27.2 Å². The maximum Gasteiger partial charge on any atom is 0.408 e. The van der Waals surface area contributed by atoms with Crippen LogP contribution in [0.1, 0.15) is 69.2 Å². The molecule has 3 N–H and O–H groups in total. The molecule has 40 heavy (non-hydrogen) atoms. The van der Waals surface area contributed by atoms with Gasteiger partial charge >= 0.3 is 6.09 Å². The van der Waals surface area contributed by atoms with Gasteiger partial charge in [-0.15, -0.1) is 0 Å². The van der Waals surface area contributed by atoms with Crippen molar-refractivity contribution in [3.05, 3.63) is 64.7 Å². The molecule has 0 aliphatic heterocycles. The number of benzene rings is 2. The van der Waals surface area contributed by atoms with Crippen LogP contribution < -0.4 is 10.6 Å². The van der Waals surface area contributed by atoms with Crippen molar-refractivity contribution in [2.24, 2.45) is 5.92 Å². The number of aromatic hydroxyl groups is 1. The van der Waals surface area contributed by atoms with Crippen molar-refractivity contribution < 1.29 is 24.2 Å². The monoisotopic (exact) mass is 551 g/mol. The average Bonchev–Trinajstić information content (AvgIpc) is 3.69. The summed E-state index contributed by atoms with van der Waals surface area (Å²) in [6, 6.07) is 11.8. The maximum absolute atomic E-state index is 14.1. The van der Waals surface area contributed by atoms with Gasteiger partial charge in [-0.25, -0.2) is 4.79 Å². The van der Waals surface area contributed by atoms with E-state index in [-0.39, 0.29) is 24.0 Å². The fourth-order valence-corrected chi connectivity index (χ4v) is 4.80. The Morgan fingerprint density at radius 1 is 1.07 bits per heavy atom. The number of nitrogens with zero attached hydrogens (tertiary/aromatic N) is 1. The van der Waals surface area contributed by atoms with Crippen LogP contribution >= 0.6 is 0 Å². The topological polar surface area (TPSA) is 108 Å². The van der Waals surface area contributed by atoms with E-state index in [1.165, 1.54) is 5.56 Å². The third-order valence-electron chi connectivity index (χ3n) is 7.14. The Bertz CT molecular complexity index is 1150. The zero-order valence-corrected chi connectivity index (χ0v) is 24.8. The summed E-state index contributed by atoms with van der Waals surface area (Å²) < 4.78 is 5.48. The van der Waals surface area contributed by atoms with E-state index in [1.807, 2.05) is 32.0 Å². The fraction of sp³-hybridized carbons (Fsp3) is 0.531. The van der Waals surface area contributed by atoms with Crippen LogP contribution in [0.25, 0.3) is 0 Å². The zero-order valence-electron chi connectivity index (χ0n) is 24.8. The molecule has 0 bridgehead atoms. The molecule has 2 aromatic rings. The number of alkyl carbamates (subject to hydrolysis) is 1. The van der Waals surface area contributed by atoms with E-state index in [2.05, 4.69) is 22.8 Å². The second kappa shape index (κ2) is 13.7. The van der Waals surface area contributed by atoms with Crippen molar-refractivity contribution in [3.8, 4) is 5.75 Å². The molecule has 0 heterocycles. The summed E-state index contributed by atoms with van der Waals surface area (Å²) in [5.41, 5.74) is 2.98. The van der Waals surface area contributed by atoms with Crippen LogP contribution in [0.5, 0.6) is 5.75 Å². The molecule has 1 aliphatic carbocycles. The zero-order chi connectivity index (χ0) is 29.4. The number of rotatable bonds is 12. The van der Waals surface area contributed by atoms with E-state index in [0.29, 0.717) is 19.0 Å². The van der Waals surface area contributed by atoms with E-state index in [1.54, 1.807) is 44.7 Å². The Hall–Kier alpha value is -3.55. The number of aryl methyl sites for hydroxylation is 3. The lowest BCUT2D eigenvalue weighted by Gasteiger charge is -2.33. The van der Waals surface area contributed by atoms with E-state index in [0.717, 1.165) is 42.4 Å². The van der Waals surface area contributed by atoms with Crippen LogP contribution in [0.15, 0.2) is 42.5 Å². The van der Waals surface area contributed by atoms with E-state index < -0.39 is 23.8 Å². The lowest BCUT2D eigenvalue weighted by atomic mass is 9.95. The van der Waals surface area contributed by atoms with Gasteiger partial charge < -0.3 is 25.4 Å². The number of hydrogen-bond donors (Lipinski definition) is 3. The summed E-state index contributed by atoms with van der Waals surface area (Å²) in [5.74, 6) is -0.0436. The molecule has 3 amide bonds. The highest BCUT2D eigenvalue weighted by Crippen LogP contribution is 2.31. The van der Waals surface area contributed by atoms with Gasteiger partial charge in [-0.3, -0.25) is 9.59 Å². The number of ether oxygens (including phenoxy) is 1. The van der Waals surface area contributed by atoms with E-state index in [4.69, 9.17) is 4.74 Å². The van der Waals surface area contributed by atoms with Gasteiger partial charge in [0.25, 0.3) is 0 Å². The molecule has 0 radical (unpaired) electrons. The van der Waals surface area contributed by atoms with Crippen molar-refractivity contribution in [3.63, 3.8) is 0 Å². The summed E-state index contributed by atoms with van der Waals surface area (Å²) >= 11 is 0. The molecule has 8 nitrogen and oxygen atoms in total. The summed E-state index contributed by atoms with van der Waals surface area (Å²) in [4.78, 5) is 41.7. The van der Waals surface area contributed by atoms with Gasteiger partial charge in [0, 0.05) is 19.5 Å². The van der Waals surface area contributed by atoms with Crippen LogP contribution in [0.2, 0.25) is 0 Å². The molecule has 2 aromatic carbocycles. The SMILES string of the molecule is Cc1cc(O)cc(C)c1CC(NC(=O)OC(C)(C)C)C(=O)N(CC1CC1)[C@H](C)C(=O)NCCCc1ccccc1. The number of carbonyl (C=O) groups is 3. The molecule has 1 saturated carbocycles. The minimum absolute atomic E-state index is 0.148. The number of nitrogens with one attached hydrogen (secondary N) is 2. The highest BCUT2D eigenvalue weighted by atomic mass is 16.6. The maximum atomic E-state index is 14.1. The van der Waals surface area contributed by atoms with E-state index in [9.17, 15) is 19.5 Å². The molecule has 1 unspecified atom stereocenters. The Balaban J connectivity index is 1.76. The number of phenolic OH excluding ortho intramolecular Hbond substituents is 1. The third kappa shape index (κ3) is 9.57. The molecule has 0 spiro atoms. The van der Waals surface area contributed by atoms with Gasteiger partial charge in [0.1, 0.15) is 23.4 Å². The summed E-state index contributed by atoms with van der Waals surface area (Å²) in [5, 5.41) is 15.8. The summed E-state index contributed by atoms with van der Waals surface area (Å²) in [7, 11) is 0. The minimum Gasteiger partial charge on any atom is -0.508 e. The number of phenols is 1. The molecule has 8 heteroatoms. The van der Waals surface area contributed by atoms with Gasteiger partial charge in [0.15, 0.2) is 0 Å². The Morgan fingerprint density at radius 2 is 1.70 bits per heavy atom. The Labute approximate surface area is 238 Å². The first-order valence-electron chi connectivity index (χ1n) is 14.2. The van der Waals surface area contributed by atoms with Crippen molar-refractivity contribution in [1.29, 1.82) is 0 Å². The Kier molecular flexibility index (Phi) is 10.6. The second-order valence-electron chi connectivity index (χ2n) is 12.0. The number of carbonyl (C=O) groups excluding carboxylic acids is 3. The van der Waals surface area contributed by atoms with Crippen LogP contribution in [0, 0.1) is 19.8 Å². The quantitative estimate of drug-likeness (QED) is 0.328. The Morgan fingerprint density at radius 3 is 2.27 bits per heavy atom. The summed E-state index contributed by atoms with van der Waals surface area (Å²) in [6.45, 7) is 11.7. The molecule has 1 fully saturated rings. The summed E-state index contributed by atoms with van der Waals surface area (Å²) in [6.07, 6.45) is 3.19. The average molecular weight is 552 g/mol. The third-order valence-corrected chi connectivity index (χ3v) is 7.14. The van der Waals surface area contributed by atoms with Crippen molar-refractivity contribution in [2.45, 2.75) is 91.3 Å². The number of amides is 3. The molecule has 3 rings (SSSR count). The first kappa shape index (κ1) is 31.0. The highest BCUT2D eigenvalue weighted by molar-refractivity contribution is 5.91. The molecule has 0 aromatic heterocycles. The molecule has 1 aliphatic rings. The highest BCUT2D eigenvalue weighted by Gasteiger charge is 2.37. The standard InChI is InChI=1S/C32H45N3O5/c1-21-17-26(36)18-22(2)27(21)19-28(34-31(39)40-32(4,5)6)30(38)35(20-25-14-15-25)23(3)29(37)33-16-10-13-24-11-8-7-9-12-24/h7-9,11-12,17-18,23,25,28,36H,10,13-16,19-20H2,1-6H3,(H,33,37)(H,34,39)/t23-,28?/m1/s1. The lowest BCUT2D eigenvalue weighted by molar-refractivity contribution is -0.141. The fourth-order valence-electron chi connectivity index (χ4n) is 4.80. The van der Waals surface area contributed by atoms with Gasteiger partial charge in [0.2, 0.25) is 11.8 Å². The second-order valence-corrected chi connectivity index (χ2v) is 12.0. The van der Waals surface area contributed by atoms with E-state index >= 15 is 0 Å². The van der Waals surface area contributed by atoms with Gasteiger partial charge in [0.05, 0.1) is 0 Å². The smallest absolute Gasteiger partial charge is 0.408 e. The molecule has 2 atom stereocenters. The molecule has 0 saturated heterocycles. The van der Waals surface area contributed by atoms with Crippen LogP contribution in [0.3, 0.4) is 0 Å². The number of hydrogen-bond acceptors (Lipinski definition) is 5. The first-order chi connectivity index (χ1) is 18.8. The van der Waals surface area contributed by atoms with Crippen molar-refractivity contribution in [2.75, 3.05) is 13.1 Å². The van der Waals surface area contributed by atoms with Crippen molar-refractivity contribution in [1.82, 2.24) is 15.5 Å². The van der Waals surface area contributed by atoms with Crippen molar-refractivity contribution >= 4 is 17.9 Å². The normalized spacial score (nSPS) is 14.7. The van der Waals surface area contributed by atoms with Gasteiger partial charge in [-0.2, -0.15) is 0 Å². The van der Waals surface area contributed by atoms with Gasteiger partial charge in [-0.1, -0.05) is 30.3 Å². The first-order valence-corrected chi connectivity index (χ1v) is 14.2. The largest absolute Gasteiger partial charge is 0.508 e. The van der Waals surface area contributed by atoms with Crippen LogP contribution in [0.4, 0.5) is 4.79 Å². The minimum atomic E-state index is -0.941. The van der Waals surface area contributed by atoms with Crippen LogP contribution in [-0.4, -0.2) is 58.7 Å².